The van der Waals surface area contributed by atoms with E-state index in [0.717, 1.165) is 63.7 Å². The molecule has 72 heavy (non-hydrogen) atoms. The fourth-order valence-corrected chi connectivity index (χ4v) is 10.3. The zero-order valence-electron chi connectivity index (χ0n) is 49.4. The van der Waals surface area contributed by atoms with Crippen LogP contribution in [0.4, 0.5) is 0 Å². The van der Waals surface area contributed by atoms with Crippen LogP contribution in [-0.4, -0.2) is 37.2 Å². The van der Waals surface area contributed by atoms with Crippen molar-refractivity contribution in [1.82, 2.24) is 0 Å². The van der Waals surface area contributed by atoms with E-state index in [9.17, 15) is 14.4 Å². The van der Waals surface area contributed by atoms with Crippen molar-refractivity contribution in [3.8, 4) is 0 Å². The quantitative estimate of drug-likeness (QED) is 0.0343. The van der Waals surface area contributed by atoms with E-state index >= 15 is 0 Å². The fourth-order valence-electron chi connectivity index (χ4n) is 10.3. The van der Waals surface area contributed by atoms with Crippen LogP contribution in [-0.2, 0) is 28.6 Å². The molecule has 0 spiro atoms. The lowest BCUT2D eigenvalue weighted by Crippen LogP contribution is -2.30. The van der Waals surface area contributed by atoms with Gasteiger partial charge in [0.05, 0.1) is 0 Å². The van der Waals surface area contributed by atoms with Crippen LogP contribution in [0.3, 0.4) is 0 Å². The van der Waals surface area contributed by atoms with Gasteiger partial charge in [-0.2, -0.15) is 0 Å². The molecule has 0 saturated carbocycles. The summed E-state index contributed by atoms with van der Waals surface area (Å²) in [6.45, 7) is 9.10. The lowest BCUT2D eigenvalue weighted by Gasteiger charge is -2.18. The van der Waals surface area contributed by atoms with Crippen molar-refractivity contribution >= 4 is 17.9 Å². The third-order valence-electron chi connectivity index (χ3n) is 15.3. The molecule has 0 aliphatic heterocycles. The van der Waals surface area contributed by atoms with Crippen molar-refractivity contribution in [2.75, 3.05) is 13.2 Å². The first-order valence-corrected chi connectivity index (χ1v) is 32.9. The molecule has 6 heteroatoms. The first-order valence-electron chi connectivity index (χ1n) is 32.9. The maximum absolute atomic E-state index is 12.9. The molecule has 0 bridgehead atoms. The summed E-state index contributed by atoms with van der Waals surface area (Å²) in [7, 11) is 0. The number of esters is 3. The Morgan fingerprint density at radius 1 is 0.264 bits per heavy atom. The molecule has 0 heterocycles. The van der Waals surface area contributed by atoms with E-state index in [-0.39, 0.29) is 31.1 Å². The number of unbranched alkanes of at least 4 members (excludes halogenated alkanes) is 48. The summed E-state index contributed by atoms with van der Waals surface area (Å²) < 4.78 is 17.0. The number of ether oxygens (including phenoxy) is 3. The molecule has 0 rings (SSSR count). The first kappa shape index (κ1) is 70.4. The van der Waals surface area contributed by atoms with Gasteiger partial charge in [0, 0.05) is 19.3 Å². The topological polar surface area (TPSA) is 78.9 Å². The van der Waals surface area contributed by atoms with Crippen molar-refractivity contribution < 1.29 is 28.6 Å². The second-order valence-corrected chi connectivity index (χ2v) is 23.2. The average molecular weight is 1020 g/mol. The van der Waals surface area contributed by atoms with Gasteiger partial charge in [-0.15, -0.1) is 0 Å². The predicted molar refractivity (Wildman–Crippen MR) is 312 cm³/mol. The molecule has 0 saturated heterocycles. The lowest BCUT2D eigenvalue weighted by atomic mass is 10.0. The largest absolute Gasteiger partial charge is 0.462 e. The van der Waals surface area contributed by atoms with Crippen molar-refractivity contribution in [3.05, 3.63) is 0 Å². The second-order valence-electron chi connectivity index (χ2n) is 23.2. The third kappa shape index (κ3) is 59.3. The van der Waals surface area contributed by atoms with E-state index in [1.807, 2.05) is 0 Å². The molecule has 428 valence electrons. The molecule has 0 N–H and O–H groups in total. The molecule has 0 radical (unpaired) electrons. The van der Waals surface area contributed by atoms with Crippen molar-refractivity contribution in [1.29, 1.82) is 0 Å². The van der Waals surface area contributed by atoms with Crippen molar-refractivity contribution in [2.45, 2.75) is 387 Å². The Hall–Kier alpha value is -1.59. The maximum atomic E-state index is 12.9. The number of rotatable bonds is 61. The molecular weight excluding hydrogens is 889 g/mol. The molecule has 0 aromatic carbocycles. The maximum Gasteiger partial charge on any atom is 0.306 e. The summed E-state index contributed by atoms with van der Waals surface area (Å²) in [5, 5.41) is 0. The van der Waals surface area contributed by atoms with Crippen LogP contribution in [0, 0.1) is 5.92 Å². The Morgan fingerprint density at radius 3 is 0.681 bits per heavy atom. The highest BCUT2D eigenvalue weighted by Gasteiger charge is 2.19. The summed E-state index contributed by atoms with van der Waals surface area (Å²) in [6.07, 6.45) is 68.2. The summed E-state index contributed by atoms with van der Waals surface area (Å²) in [5.74, 6) is 0.0228. The van der Waals surface area contributed by atoms with Crippen LogP contribution >= 0.6 is 0 Å². The van der Waals surface area contributed by atoms with E-state index in [0.29, 0.717) is 19.3 Å². The molecular formula is C66H128O6. The summed E-state index contributed by atoms with van der Waals surface area (Å²) >= 11 is 0. The summed E-state index contributed by atoms with van der Waals surface area (Å²) in [5.41, 5.74) is 0. The number of hydrogen-bond donors (Lipinski definition) is 0. The normalized spacial score (nSPS) is 12.0. The minimum Gasteiger partial charge on any atom is -0.462 e. The van der Waals surface area contributed by atoms with E-state index in [2.05, 4.69) is 27.7 Å². The van der Waals surface area contributed by atoms with Crippen molar-refractivity contribution in [2.24, 2.45) is 5.92 Å². The smallest absolute Gasteiger partial charge is 0.306 e. The Bertz CT molecular complexity index is 1090. The van der Waals surface area contributed by atoms with Crippen molar-refractivity contribution in [3.63, 3.8) is 0 Å². The fraction of sp³-hybridized carbons (Fsp3) is 0.955. The monoisotopic (exact) mass is 1020 g/mol. The standard InChI is InChI=1S/C66H128O6/c1-5-7-9-11-13-15-17-19-21-23-24-26-30-34-38-42-46-50-54-58-65(68)71-61-63(60-70-64(67)57-53-49-45-41-37-33-29-25-22-20-18-16-14-12-10-8-6-2)72-66(69)59-55-51-47-43-39-35-31-27-28-32-36-40-44-48-52-56-62(3)4/h62-63H,5-61H2,1-4H3/t63-/m0/s1. The zero-order valence-corrected chi connectivity index (χ0v) is 49.4. The Labute approximate surface area is 450 Å². The lowest BCUT2D eigenvalue weighted by molar-refractivity contribution is -0.167. The van der Waals surface area contributed by atoms with E-state index < -0.39 is 6.10 Å². The highest BCUT2D eigenvalue weighted by atomic mass is 16.6. The minimum atomic E-state index is -0.763. The highest BCUT2D eigenvalue weighted by molar-refractivity contribution is 5.71. The van der Waals surface area contributed by atoms with Gasteiger partial charge in [-0.25, -0.2) is 0 Å². The molecule has 6 nitrogen and oxygen atoms in total. The molecule has 0 aliphatic rings. The number of hydrogen-bond acceptors (Lipinski definition) is 6. The van der Waals surface area contributed by atoms with E-state index in [1.165, 1.54) is 276 Å². The van der Waals surface area contributed by atoms with Crippen LogP contribution in [0.15, 0.2) is 0 Å². The third-order valence-corrected chi connectivity index (χ3v) is 15.3. The van der Waals surface area contributed by atoms with Gasteiger partial charge in [-0.3, -0.25) is 14.4 Å². The first-order chi connectivity index (χ1) is 35.4. The molecule has 0 amide bonds. The molecule has 0 unspecified atom stereocenters. The van der Waals surface area contributed by atoms with Crippen LogP contribution in [0.25, 0.3) is 0 Å². The van der Waals surface area contributed by atoms with E-state index in [4.69, 9.17) is 14.2 Å². The van der Waals surface area contributed by atoms with Crippen LogP contribution < -0.4 is 0 Å². The van der Waals surface area contributed by atoms with Crippen LogP contribution in [0.2, 0.25) is 0 Å². The molecule has 0 aliphatic carbocycles. The van der Waals surface area contributed by atoms with Gasteiger partial charge in [0.25, 0.3) is 0 Å². The van der Waals surface area contributed by atoms with Gasteiger partial charge >= 0.3 is 17.9 Å². The van der Waals surface area contributed by atoms with Gasteiger partial charge in [0.15, 0.2) is 6.10 Å². The molecule has 0 aromatic heterocycles. The zero-order chi connectivity index (χ0) is 52.3. The predicted octanol–water partition coefficient (Wildman–Crippen LogP) is 22.1. The van der Waals surface area contributed by atoms with Gasteiger partial charge in [-0.1, -0.05) is 342 Å². The van der Waals surface area contributed by atoms with E-state index in [1.54, 1.807) is 0 Å². The molecule has 0 aromatic rings. The molecule has 0 fully saturated rings. The van der Waals surface area contributed by atoms with Gasteiger partial charge in [0.2, 0.25) is 0 Å². The Kier molecular flexibility index (Phi) is 58.9. The van der Waals surface area contributed by atoms with Crippen LogP contribution in [0.5, 0.6) is 0 Å². The van der Waals surface area contributed by atoms with Gasteiger partial charge < -0.3 is 14.2 Å². The minimum absolute atomic E-state index is 0.0610. The summed E-state index contributed by atoms with van der Waals surface area (Å²) in [6, 6.07) is 0. The Morgan fingerprint density at radius 2 is 0.458 bits per heavy atom. The van der Waals surface area contributed by atoms with Crippen LogP contribution in [0.1, 0.15) is 381 Å². The average Bonchev–Trinajstić information content (AvgIpc) is 3.37. The van der Waals surface area contributed by atoms with Gasteiger partial charge in [0.1, 0.15) is 13.2 Å². The number of carbonyl (C=O) groups excluding carboxylic acids is 3. The number of carbonyl (C=O) groups is 3. The second kappa shape index (κ2) is 60.3. The Balaban J connectivity index is 4.28. The SMILES string of the molecule is CCCCCCCCCCCCCCCCCCCCCC(=O)OC[C@H](COC(=O)CCCCCCCCCCCCCCCCCCC)OC(=O)CCCCCCCCCCCCCCCCCC(C)C. The highest BCUT2D eigenvalue weighted by Crippen LogP contribution is 2.19. The molecule has 1 atom stereocenters. The van der Waals surface area contributed by atoms with Gasteiger partial charge in [-0.05, 0) is 25.2 Å². The summed E-state index contributed by atoms with van der Waals surface area (Å²) in [4.78, 5) is 38.4.